The van der Waals surface area contributed by atoms with E-state index in [0.717, 1.165) is 16.8 Å². The molecule has 2 unspecified atom stereocenters. The number of sulfone groups is 1. The third-order valence-electron chi connectivity index (χ3n) is 4.39. The van der Waals surface area contributed by atoms with Crippen molar-refractivity contribution in [2.24, 2.45) is 4.99 Å². The van der Waals surface area contributed by atoms with E-state index in [9.17, 15) is 13.2 Å². The Hall–Kier alpha value is -1.38. The van der Waals surface area contributed by atoms with E-state index in [1.54, 1.807) is 0 Å². The number of hydrogen-bond donors (Lipinski definition) is 0. The Labute approximate surface area is 146 Å². The SMILES string of the molecule is COCC(=O)N=C1SC2CS(=O)(=O)CC2N1c1cccc(C)c1C. The molecule has 3 rings (SSSR count). The highest BCUT2D eigenvalue weighted by molar-refractivity contribution is 8.16. The highest BCUT2D eigenvalue weighted by atomic mass is 32.2. The zero-order valence-electron chi connectivity index (χ0n) is 13.9. The summed E-state index contributed by atoms with van der Waals surface area (Å²) in [6.07, 6.45) is 0. The normalized spacial score (nSPS) is 26.8. The van der Waals surface area contributed by atoms with Crippen molar-refractivity contribution in [3.63, 3.8) is 0 Å². The molecule has 2 atom stereocenters. The molecule has 2 fully saturated rings. The summed E-state index contributed by atoms with van der Waals surface area (Å²) in [5, 5.41) is 0.472. The molecule has 2 aliphatic heterocycles. The Kier molecular flexibility index (Phi) is 4.72. The van der Waals surface area contributed by atoms with Crippen molar-refractivity contribution in [1.82, 2.24) is 0 Å². The number of hydrogen-bond acceptors (Lipinski definition) is 5. The zero-order chi connectivity index (χ0) is 17.5. The first-order valence-electron chi connectivity index (χ1n) is 7.65. The number of nitrogens with zero attached hydrogens (tertiary/aromatic N) is 2. The quantitative estimate of drug-likeness (QED) is 0.806. The third kappa shape index (κ3) is 3.22. The predicted octanol–water partition coefficient (Wildman–Crippen LogP) is 1.55. The Morgan fingerprint density at radius 2 is 2.12 bits per heavy atom. The standard InChI is InChI=1S/C16H20N2O4S2/c1-10-5-4-6-12(11(10)2)18-13-8-24(20,21)9-14(13)23-16(18)17-15(19)7-22-3/h4-6,13-14H,7-9H2,1-3H3. The van der Waals surface area contributed by atoms with E-state index in [2.05, 4.69) is 4.99 Å². The van der Waals surface area contributed by atoms with Crippen LogP contribution in [0.4, 0.5) is 5.69 Å². The van der Waals surface area contributed by atoms with Gasteiger partial charge in [0, 0.05) is 18.0 Å². The van der Waals surface area contributed by atoms with E-state index in [-0.39, 0.29) is 35.3 Å². The molecule has 6 nitrogen and oxygen atoms in total. The van der Waals surface area contributed by atoms with Crippen molar-refractivity contribution in [2.45, 2.75) is 25.1 Å². The van der Waals surface area contributed by atoms with Crippen molar-refractivity contribution < 1.29 is 17.9 Å². The lowest BCUT2D eigenvalue weighted by molar-refractivity contribution is -0.121. The van der Waals surface area contributed by atoms with Crippen molar-refractivity contribution in [3.05, 3.63) is 29.3 Å². The Morgan fingerprint density at radius 1 is 1.38 bits per heavy atom. The first kappa shape index (κ1) is 17.4. The summed E-state index contributed by atoms with van der Waals surface area (Å²) in [6.45, 7) is 3.93. The minimum Gasteiger partial charge on any atom is -0.375 e. The second-order valence-corrected chi connectivity index (χ2v) is 9.47. The molecule has 2 saturated heterocycles. The van der Waals surface area contributed by atoms with Crippen LogP contribution in [0.3, 0.4) is 0 Å². The van der Waals surface area contributed by atoms with Gasteiger partial charge in [-0.05, 0) is 31.0 Å². The maximum atomic E-state index is 12.0. The number of fused-ring (bicyclic) bond motifs is 1. The maximum absolute atomic E-state index is 12.0. The molecule has 24 heavy (non-hydrogen) atoms. The monoisotopic (exact) mass is 368 g/mol. The molecule has 0 N–H and O–H groups in total. The summed E-state index contributed by atoms with van der Waals surface area (Å²) >= 11 is 1.38. The molecule has 2 aliphatic rings. The van der Waals surface area contributed by atoms with Crippen LogP contribution in [0.1, 0.15) is 11.1 Å². The van der Waals surface area contributed by atoms with Gasteiger partial charge in [0.2, 0.25) is 0 Å². The van der Waals surface area contributed by atoms with E-state index in [4.69, 9.17) is 4.74 Å². The summed E-state index contributed by atoms with van der Waals surface area (Å²) in [6, 6.07) is 5.72. The highest BCUT2D eigenvalue weighted by Crippen LogP contribution is 2.42. The predicted molar refractivity (Wildman–Crippen MR) is 96.5 cm³/mol. The number of amidine groups is 1. The lowest BCUT2D eigenvalue weighted by Crippen LogP contribution is -2.38. The fourth-order valence-electron chi connectivity index (χ4n) is 3.11. The van der Waals surface area contributed by atoms with Crippen molar-refractivity contribution in [3.8, 4) is 0 Å². The molecule has 2 heterocycles. The van der Waals surface area contributed by atoms with Crippen LogP contribution in [-0.2, 0) is 19.4 Å². The van der Waals surface area contributed by atoms with E-state index >= 15 is 0 Å². The van der Waals surface area contributed by atoms with Crippen LogP contribution in [0.2, 0.25) is 0 Å². The van der Waals surface area contributed by atoms with Crippen LogP contribution < -0.4 is 4.90 Å². The molecule has 0 aromatic heterocycles. The lowest BCUT2D eigenvalue weighted by atomic mass is 10.1. The summed E-state index contributed by atoms with van der Waals surface area (Å²) in [4.78, 5) is 18.0. The first-order valence-corrected chi connectivity index (χ1v) is 10.4. The van der Waals surface area contributed by atoms with E-state index in [0.29, 0.717) is 5.17 Å². The minimum atomic E-state index is -3.06. The molecule has 1 aromatic rings. The first-order chi connectivity index (χ1) is 11.3. The number of ether oxygens (including phenoxy) is 1. The van der Waals surface area contributed by atoms with Crippen molar-refractivity contribution >= 4 is 38.4 Å². The van der Waals surface area contributed by atoms with Gasteiger partial charge in [0.1, 0.15) is 6.61 Å². The Morgan fingerprint density at radius 3 is 2.83 bits per heavy atom. The number of thioether (sulfide) groups is 1. The van der Waals surface area contributed by atoms with Gasteiger partial charge in [-0.1, -0.05) is 23.9 Å². The number of aryl methyl sites for hydroxylation is 1. The van der Waals surface area contributed by atoms with Gasteiger partial charge in [0.05, 0.1) is 17.5 Å². The number of carbonyl (C=O) groups is 1. The number of methoxy groups -OCH3 is 1. The smallest absolute Gasteiger partial charge is 0.274 e. The average molecular weight is 368 g/mol. The topological polar surface area (TPSA) is 76.0 Å². The molecule has 8 heteroatoms. The second kappa shape index (κ2) is 6.50. The van der Waals surface area contributed by atoms with Gasteiger partial charge in [-0.15, -0.1) is 0 Å². The Balaban J connectivity index is 2.05. The summed E-state index contributed by atoms with van der Waals surface area (Å²) < 4.78 is 28.9. The van der Waals surface area contributed by atoms with Crippen LogP contribution in [-0.4, -0.2) is 56.0 Å². The van der Waals surface area contributed by atoms with Gasteiger partial charge in [-0.3, -0.25) is 4.79 Å². The van der Waals surface area contributed by atoms with Crippen molar-refractivity contribution in [1.29, 1.82) is 0 Å². The number of carbonyl (C=O) groups excluding carboxylic acids is 1. The van der Waals surface area contributed by atoms with Gasteiger partial charge in [0.25, 0.3) is 5.91 Å². The Bertz CT molecular complexity index is 804. The minimum absolute atomic E-state index is 0.0850. The van der Waals surface area contributed by atoms with Crippen molar-refractivity contribution in [2.75, 3.05) is 30.1 Å². The number of benzene rings is 1. The molecule has 0 radical (unpaired) electrons. The van der Waals surface area contributed by atoms with E-state index in [1.807, 2.05) is 36.9 Å². The molecule has 0 saturated carbocycles. The van der Waals surface area contributed by atoms with Gasteiger partial charge in [-0.2, -0.15) is 4.99 Å². The molecule has 1 amide bonds. The lowest BCUT2D eigenvalue weighted by Gasteiger charge is -2.26. The van der Waals surface area contributed by atoms with Crippen LogP contribution in [0.15, 0.2) is 23.2 Å². The molecule has 1 aromatic carbocycles. The number of amides is 1. The zero-order valence-corrected chi connectivity index (χ0v) is 15.5. The van der Waals surface area contributed by atoms with Gasteiger partial charge >= 0.3 is 0 Å². The summed E-state index contributed by atoms with van der Waals surface area (Å²) in [5.41, 5.74) is 3.09. The largest absolute Gasteiger partial charge is 0.375 e. The molecule has 0 aliphatic carbocycles. The highest BCUT2D eigenvalue weighted by Gasteiger charge is 2.49. The average Bonchev–Trinajstić information content (AvgIpc) is 2.94. The number of aliphatic imine (C=N–C) groups is 1. The molecular formula is C16H20N2O4S2. The number of anilines is 1. The fourth-order valence-corrected chi connectivity index (χ4v) is 7.03. The maximum Gasteiger partial charge on any atom is 0.274 e. The second-order valence-electron chi connectivity index (χ2n) is 6.11. The van der Waals surface area contributed by atoms with Crippen LogP contribution in [0.5, 0.6) is 0 Å². The van der Waals surface area contributed by atoms with E-state index < -0.39 is 9.84 Å². The molecule has 0 bridgehead atoms. The summed E-state index contributed by atoms with van der Waals surface area (Å²) in [5.74, 6) is -0.144. The van der Waals surface area contributed by atoms with Crippen LogP contribution >= 0.6 is 11.8 Å². The van der Waals surface area contributed by atoms with Crippen LogP contribution in [0.25, 0.3) is 0 Å². The van der Waals surface area contributed by atoms with Gasteiger partial charge in [-0.25, -0.2) is 8.42 Å². The van der Waals surface area contributed by atoms with Crippen LogP contribution in [0, 0.1) is 13.8 Å². The summed E-state index contributed by atoms with van der Waals surface area (Å²) in [7, 11) is -1.61. The third-order valence-corrected chi connectivity index (χ3v) is 7.60. The number of rotatable bonds is 3. The van der Waals surface area contributed by atoms with E-state index in [1.165, 1.54) is 18.9 Å². The fraction of sp³-hybridized carbons (Fsp3) is 0.500. The molecular weight excluding hydrogens is 348 g/mol. The molecule has 0 spiro atoms. The molecule has 130 valence electrons. The van der Waals surface area contributed by atoms with Gasteiger partial charge < -0.3 is 9.64 Å². The van der Waals surface area contributed by atoms with Gasteiger partial charge in [0.15, 0.2) is 15.0 Å².